The SMILES string of the molecule is CCC(C)(C)C#N.Cl. The second-order valence-corrected chi connectivity index (χ2v) is 2.35. The van der Waals surface area contributed by atoms with E-state index in [1.54, 1.807) is 0 Å². The third kappa shape index (κ3) is 3.95. The molecule has 2 heteroatoms. The van der Waals surface area contributed by atoms with Gasteiger partial charge in [-0.25, -0.2) is 0 Å². The fourth-order valence-corrected chi connectivity index (χ4v) is 0.0791. The van der Waals surface area contributed by atoms with E-state index in [1.165, 1.54) is 0 Å². The molecule has 0 saturated heterocycles. The van der Waals surface area contributed by atoms with E-state index in [2.05, 4.69) is 6.07 Å². The Kier molecular flexibility index (Phi) is 5.01. The zero-order valence-corrected chi connectivity index (χ0v) is 6.38. The highest BCUT2D eigenvalue weighted by molar-refractivity contribution is 5.85. The summed E-state index contributed by atoms with van der Waals surface area (Å²) in [4.78, 5) is 0. The minimum Gasteiger partial charge on any atom is -0.198 e. The maximum absolute atomic E-state index is 8.34. The van der Waals surface area contributed by atoms with Gasteiger partial charge >= 0.3 is 0 Å². The highest BCUT2D eigenvalue weighted by Gasteiger charge is 2.11. The Morgan fingerprint density at radius 1 is 1.50 bits per heavy atom. The predicted molar refractivity (Wildman–Crippen MR) is 36.9 cm³/mol. The molecule has 8 heavy (non-hydrogen) atoms. The molecular weight excluding hydrogens is 122 g/mol. The van der Waals surface area contributed by atoms with E-state index in [1.807, 2.05) is 20.8 Å². The molecule has 48 valence electrons. The van der Waals surface area contributed by atoms with Crippen LogP contribution in [0.5, 0.6) is 0 Å². The van der Waals surface area contributed by atoms with Crippen molar-refractivity contribution < 1.29 is 0 Å². The van der Waals surface area contributed by atoms with Crippen molar-refractivity contribution in [2.45, 2.75) is 27.2 Å². The molecule has 1 nitrogen and oxygen atoms in total. The first-order valence-electron chi connectivity index (χ1n) is 2.53. The molecule has 0 unspecified atom stereocenters. The Morgan fingerprint density at radius 3 is 1.88 bits per heavy atom. The molecule has 0 fully saturated rings. The molecule has 0 aromatic rings. The minimum atomic E-state index is -0.111. The monoisotopic (exact) mass is 133 g/mol. The molecule has 0 spiro atoms. The zero-order chi connectivity index (χ0) is 5.91. The van der Waals surface area contributed by atoms with Crippen LogP contribution in [0.1, 0.15) is 27.2 Å². The lowest BCUT2D eigenvalue weighted by molar-refractivity contribution is 0.477. The summed E-state index contributed by atoms with van der Waals surface area (Å²) in [5, 5.41) is 8.34. The number of rotatable bonds is 1. The van der Waals surface area contributed by atoms with Crippen LogP contribution in [-0.4, -0.2) is 0 Å². The molecule has 0 N–H and O–H groups in total. The summed E-state index contributed by atoms with van der Waals surface area (Å²) in [6, 6.07) is 2.19. The first kappa shape index (κ1) is 10.7. The van der Waals surface area contributed by atoms with Crippen LogP contribution in [0.4, 0.5) is 0 Å². The van der Waals surface area contributed by atoms with Gasteiger partial charge in [-0.05, 0) is 20.3 Å². The van der Waals surface area contributed by atoms with E-state index >= 15 is 0 Å². The van der Waals surface area contributed by atoms with Crippen molar-refractivity contribution in [2.75, 3.05) is 0 Å². The highest BCUT2D eigenvalue weighted by Crippen LogP contribution is 2.16. The summed E-state index contributed by atoms with van der Waals surface area (Å²) < 4.78 is 0. The van der Waals surface area contributed by atoms with Gasteiger partial charge in [-0.2, -0.15) is 5.26 Å². The molecule has 0 bridgehead atoms. The smallest absolute Gasteiger partial charge is 0.0683 e. The summed E-state index contributed by atoms with van der Waals surface area (Å²) in [5.74, 6) is 0. The second-order valence-electron chi connectivity index (χ2n) is 2.35. The van der Waals surface area contributed by atoms with Crippen LogP contribution in [0.15, 0.2) is 0 Å². The third-order valence-electron chi connectivity index (χ3n) is 1.19. The molecule has 0 aromatic heterocycles. The summed E-state index contributed by atoms with van der Waals surface area (Å²) in [5.41, 5.74) is -0.111. The fraction of sp³-hybridized carbons (Fsp3) is 0.833. The molecule has 0 aliphatic rings. The zero-order valence-electron chi connectivity index (χ0n) is 5.56. The molecule has 0 aliphatic carbocycles. The van der Waals surface area contributed by atoms with Gasteiger partial charge in [0.2, 0.25) is 0 Å². The molecular formula is C6H12ClN. The van der Waals surface area contributed by atoms with Gasteiger partial charge in [0.15, 0.2) is 0 Å². The van der Waals surface area contributed by atoms with E-state index < -0.39 is 0 Å². The molecule has 0 radical (unpaired) electrons. The fourth-order valence-electron chi connectivity index (χ4n) is 0.0791. The Hall–Kier alpha value is -0.220. The summed E-state index contributed by atoms with van der Waals surface area (Å²) in [6.45, 7) is 5.89. The van der Waals surface area contributed by atoms with Crippen LogP contribution in [0.25, 0.3) is 0 Å². The first-order chi connectivity index (χ1) is 3.12. The Balaban J connectivity index is 0. The van der Waals surface area contributed by atoms with Crippen LogP contribution in [0.3, 0.4) is 0 Å². The number of nitriles is 1. The first-order valence-corrected chi connectivity index (χ1v) is 2.53. The maximum atomic E-state index is 8.34. The summed E-state index contributed by atoms with van der Waals surface area (Å²) >= 11 is 0. The van der Waals surface area contributed by atoms with Crippen LogP contribution in [0.2, 0.25) is 0 Å². The lowest BCUT2D eigenvalue weighted by Crippen LogP contribution is -2.03. The number of hydrogen-bond acceptors (Lipinski definition) is 1. The Bertz CT molecular complexity index is 91.2. The summed E-state index contributed by atoms with van der Waals surface area (Å²) in [6.07, 6.45) is 0.934. The average Bonchev–Trinajstić information content (AvgIpc) is 1.68. The van der Waals surface area contributed by atoms with Gasteiger partial charge in [0.1, 0.15) is 0 Å². The molecule has 0 amide bonds. The van der Waals surface area contributed by atoms with Gasteiger partial charge in [0.25, 0.3) is 0 Å². The molecule has 0 saturated carbocycles. The number of hydrogen-bond donors (Lipinski definition) is 0. The van der Waals surface area contributed by atoms with Gasteiger partial charge < -0.3 is 0 Å². The topological polar surface area (TPSA) is 23.8 Å². The van der Waals surface area contributed by atoms with Crippen LogP contribution < -0.4 is 0 Å². The van der Waals surface area contributed by atoms with Crippen LogP contribution in [-0.2, 0) is 0 Å². The molecule has 0 atom stereocenters. The van der Waals surface area contributed by atoms with Gasteiger partial charge in [0.05, 0.1) is 11.5 Å². The van der Waals surface area contributed by atoms with Crippen molar-refractivity contribution in [3.05, 3.63) is 0 Å². The molecule has 0 rings (SSSR count). The van der Waals surface area contributed by atoms with E-state index in [0.717, 1.165) is 6.42 Å². The van der Waals surface area contributed by atoms with Crippen LogP contribution in [0, 0.1) is 16.7 Å². The van der Waals surface area contributed by atoms with E-state index in [4.69, 9.17) is 5.26 Å². The van der Waals surface area contributed by atoms with Crippen molar-refractivity contribution in [3.8, 4) is 6.07 Å². The van der Waals surface area contributed by atoms with Crippen LogP contribution >= 0.6 is 12.4 Å². The number of halogens is 1. The normalized spacial score (nSPS) is 9.25. The molecule has 0 aromatic carbocycles. The Morgan fingerprint density at radius 2 is 1.88 bits per heavy atom. The lowest BCUT2D eigenvalue weighted by Gasteiger charge is -2.08. The van der Waals surface area contributed by atoms with Crippen molar-refractivity contribution >= 4 is 12.4 Å². The van der Waals surface area contributed by atoms with Gasteiger partial charge in [-0.3, -0.25) is 0 Å². The van der Waals surface area contributed by atoms with Crippen molar-refractivity contribution in [2.24, 2.45) is 5.41 Å². The molecule has 0 heterocycles. The van der Waals surface area contributed by atoms with Crippen molar-refractivity contribution in [1.82, 2.24) is 0 Å². The van der Waals surface area contributed by atoms with E-state index in [9.17, 15) is 0 Å². The van der Waals surface area contributed by atoms with Gasteiger partial charge in [0, 0.05) is 0 Å². The van der Waals surface area contributed by atoms with Gasteiger partial charge in [-0.15, -0.1) is 12.4 Å². The lowest BCUT2D eigenvalue weighted by atomic mass is 9.93. The maximum Gasteiger partial charge on any atom is 0.0683 e. The number of nitrogens with zero attached hydrogens (tertiary/aromatic N) is 1. The standard InChI is InChI=1S/C6H11N.ClH/c1-4-6(2,3)5-7;/h4H2,1-3H3;1H. The second kappa shape index (κ2) is 3.74. The van der Waals surface area contributed by atoms with E-state index in [-0.39, 0.29) is 17.8 Å². The van der Waals surface area contributed by atoms with Gasteiger partial charge in [-0.1, -0.05) is 6.92 Å². The predicted octanol–water partition coefficient (Wildman–Crippen LogP) is 2.37. The quantitative estimate of drug-likeness (QED) is 0.539. The Labute approximate surface area is 57.1 Å². The average molecular weight is 134 g/mol. The molecule has 0 aliphatic heterocycles. The highest BCUT2D eigenvalue weighted by atomic mass is 35.5. The van der Waals surface area contributed by atoms with Crippen molar-refractivity contribution in [1.29, 1.82) is 5.26 Å². The van der Waals surface area contributed by atoms with E-state index in [0.29, 0.717) is 0 Å². The van der Waals surface area contributed by atoms with Crippen molar-refractivity contribution in [3.63, 3.8) is 0 Å². The third-order valence-corrected chi connectivity index (χ3v) is 1.19. The summed E-state index contributed by atoms with van der Waals surface area (Å²) in [7, 11) is 0. The minimum absolute atomic E-state index is 0. The largest absolute Gasteiger partial charge is 0.198 e.